The fourth-order valence-electron chi connectivity index (χ4n) is 4.26. The quantitative estimate of drug-likeness (QED) is 0.692. The molecule has 3 heterocycles. The van der Waals surface area contributed by atoms with Gasteiger partial charge in [0.15, 0.2) is 5.82 Å². The monoisotopic (exact) mass is 396 g/mol. The molecule has 29 heavy (non-hydrogen) atoms. The van der Waals surface area contributed by atoms with Gasteiger partial charge in [-0.1, -0.05) is 38.1 Å². The van der Waals surface area contributed by atoms with E-state index in [0.717, 1.165) is 38.2 Å². The minimum absolute atomic E-state index is 0.162. The van der Waals surface area contributed by atoms with Crippen LogP contribution in [0.1, 0.15) is 72.5 Å². The highest BCUT2D eigenvalue weighted by Gasteiger charge is 2.35. The number of carbonyl (C=O) groups is 2. The maximum atomic E-state index is 12.5. The second-order valence-electron chi connectivity index (χ2n) is 8.49. The average Bonchev–Trinajstić information content (AvgIpc) is 3.32. The van der Waals surface area contributed by atoms with E-state index in [1.807, 2.05) is 0 Å². The number of benzene rings is 1. The van der Waals surface area contributed by atoms with Gasteiger partial charge in [0.1, 0.15) is 0 Å². The van der Waals surface area contributed by atoms with Gasteiger partial charge >= 0.3 is 6.01 Å². The Morgan fingerprint density at radius 1 is 1.07 bits per heavy atom. The van der Waals surface area contributed by atoms with Crippen LogP contribution < -0.4 is 4.90 Å². The summed E-state index contributed by atoms with van der Waals surface area (Å²) in [5.41, 5.74) is 1.05. The molecule has 1 fully saturated rings. The Morgan fingerprint density at radius 2 is 1.69 bits per heavy atom. The molecule has 2 aliphatic rings. The molecule has 1 aromatic heterocycles. The highest BCUT2D eigenvalue weighted by atomic mass is 16.5. The summed E-state index contributed by atoms with van der Waals surface area (Å²) in [5, 5.41) is 4.05. The maximum absolute atomic E-state index is 12.5. The van der Waals surface area contributed by atoms with Crippen molar-refractivity contribution < 1.29 is 14.1 Å². The molecular formula is C22H28N4O3. The van der Waals surface area contributed by atoms with E-state index in [1.165, 1.54) is 4.90 Å². The third-order valence-electron chi connectivity index (χ3n) is 6.25. The van der Waals surface area contributed by atoms with Crippen molar-refractivity contribution in [2.45, 2.75) is 46.0 Å². The van der Waals surface area contributed by atoms with E-state index in [4.69, 9.17) is 4.52 Å². The van der Waals surface area contributed by atoms with Crippen LogP contribution >= 0.6 is 0 Å². The Labute approximate surface area is 171 Å². The molecule has 1 atom stereocenters. The van der Waals surface area contributed by atoms with Crippen molar-refractivity contribution in [2.24, 2.45) is 11.8 Å². The third kappa shape index (κ3) is 3.78. The topological polar surface area (TPSA) is 79.5 Å². The predicted octanol–water partition coefficient (Wildman–Crippen LogP) is 3.73. The lowest BCUT2D eigenvalue weighted by Crippen LogP contribution is -2.37. The van der Waals surface area contributed by atoms with Gasteiger partial charge < -0.3 is 9.42 Å². The summed E-state index contributed by atoms with van der Waals surface area (Å²) in [7, 11) is 0. The van der Waals surface area contributed by atoms with Crippen LogP contribution in [-0.2, 0) is 0 Å². The van der Waals surface area contributed by atoms with Gasteiger partial charge in [0, 0.05) is 25.6 Å². The zero-order valence-electron chi connectivity index (χ0n) is 17.3. The molecule has 1 unspecified atom stereocenters. The van der Waals surface area contributed by atoms with Crippen molar-refractivity contribution in [3.63, 3.8) is 0 Å². The van der Waals surface area contributed by atoms with E-state index in [-0.39, 0.29) is 17.7 Å². The number of piperidine rings is 1. The van der Waals surface area contributed by atoms with Crippen LogP contribution in [0, 0.1) is 11.8 Å². The zero-order valence-corrected chi connectivity index (χ0v) is 17.3. The maximum Gasteiger partial charge on any atom is 0.324 e. The average molecular weight is 396 g/mol. The van der Waals surface area contributed by atoms with E-state index < -0.39 is 0 Å². The summed E-state index contributed by atoms with van der Waals surface area (Å²) in [4.78, 5) is 33.1. The first-order valence-corrected chi connectivity index (χ1v) is 10.5. The third-order valence-corrected chi connectivity index (χ3v) is 6.25. The molecule has 2 aliphatic heterocycles. The Bertz CT molecular complexity index is 864. The van der Waals surface area contributed by atoms with Crippen molar-refractivity contribution in [3.05, 3.63) is 41.2 Å². The molecule has 0 N–H and O–H groups in total. The number of amides is 2. The molecule has 154 valence electrons. The van der Waals surface area contributed by atoms with Crippen LogP contribution in [0.25, 0.3) is 0 Å². The first kappa shape index (κ1) is 19.6. The van der Waals surface area contributed by atoms with Gasteiger partial charge in [0.25, 0.3) is 11.8 Å². The largest absolute Gasteiger partial charge is 0.324 e. The fourth-order valence-corrected chi connectivity index (χ4v) is 4.26. The summed E-state index contributed by atoms with van der Waals surface area (Å²) < 4.78 is 5.41. The first-order chi connectivity index (χ1) is 14.0. The number of carbonyl (C=O) groups excluding carboxylic acids is 2. The molecule has 1 aromatic carbocycles. The number of aromatic nitrogens is 2. The van der Waals surface area contributed by atoms with Crippen molar-refractivity contribution in [2.75, 3.05) is 24.5 Å². The number of rotatable bonds is 6. The first-order valence-electron chi connectivity index (χ1n) is 10.5. The smallest absolute Gasteiger partial charge is 0.324 e. The molecular weight excluding hydrogens is 368 g/mol. The lowest BCUT2D eigenvalue weighted by atomic mass is 9.83. The minimum atomic E-state index is -0.162. The van der Waals surface area contributed by atoms with Crippen molar-refractivity contribution in [1.82, 2.24) is 15.0 Å². The van der Waals surface area contributed by atoms with Crippen LogP contribution in [0.3, 0.4) is 0 Å². The van der Waals surface area contributed by atoms with Crippen molar-refractivity contribution in [1.29, 1.82) is 0 Å². The van der Waals surface area contributed by atoms with Crippen molar-refractivity contribution in [3.8, 4) is 0 Å². The van der Waals surface area contributed by atoms with Gasteiger partial charge in [-0.15, -0.1) is 0 Å². The van der Waals surface area contributed by atoms with Gasteiger partial charge in [-0.05, 0) is 43.2 Å². The molecule has 4 rings (SSSR count). The lowest BCUT2D eigenvalue weighted by molar-refractivity contribution is 0.0640. The van der Waals surface area contributed by atoms with Gasteiger partial charge in [0.2, 0.25) is 0 Å². The van der Waals surface area contributed by atoms with E-state index in [2.05, 4.69) is 35.8 Å². The number of hydrogen-bond donors (Lipinski definition) is 0. The van der Waals surface area contributed by atoms with E-state index in [1.54, 1.807) is 24.3 Å². The second kappa shape index (κ2) is 7.97. The SMILES string of the molecule is CC(C)c1noc(N2CCC(C(C)CCN3C(=O)c4ccccc4C3=O)CC2)n1. The van der Waals surface area contributed by atoms with Crippen LogP contribution in [0.5, 0.6) is 0 Å². The van der Waals surface area contributed by atoms with Crippen LogP contribution in [0.15, 0.2) is 28.8 Å². The molecule has 2 amide bonds. The van der Waals surface area contributed by atoms with Crippen LogP contribution in [0.4, 0.5) is 6.01 Å². The molecule has 0 bridgehead atoms. The highest BCUT2D eigenvalue weighted by Crippen LogP contribution is 2.31. The Hall–Kier alpha value is -2.70. The lowest BCUT2D eigenvalue weighted by Gasteiger charge is -2.34. The van der Waals surface area contributed by atoms with Gasteiger partial charge in [0.05, 0.1) is 11.1 Å². The summed E-state index contributed by atoms with van der Waals surface area (Å²) >= 11 is 0. The Kier molecular flexibility index (Phi) is 5.39. The zero-order chi connectivity index (χ0) is 20.5. The number of hydrogen-bond acceptors (Lipinski definition) is 6. The van der Waals surface area contributed by atoms with Gasteiger partial charge in [-0.2, -0.15) is 4.98 Å². The number of fused-ring (bicyclic) bond motifs is 1. The number of nitrogens with zero attached hydrogens (tertiary/aromatic N) is 4. The second-order valence-corrected chi connectivity index (χ2v) is 8.49. The molecule has 0 aliphatic carbocycles. The summed E-state index contributed by atoms with van der Waals surface area (Å²) in [5.74, 6) is 1.68. The number of anilines is 1. The molecule has 2 aromatic rings. The van der Waals surface area contributed by atoms with E-state index >= 15 is 0 Å². The van der Waals surface area contributed by atoms with Crippen molar-refractivity contribution >= 4 is 17.8 Å². The van der Waals surface area contributed by atoms with E-state index in [0.29, 0.717) is 35.5 Å². The van der Waals surface area contributed by atoms with Gasteiger partial charge in [-0.3, -0.25) is 14.5 Å². The van der Waals surface area contributed by atoms with E-state index in [9.17, 15) is 9.59 Å². The Balaban J connectivity index is 1.29. The Morgan fingerprint density at radius 3 is 2.24 bits per heavy atom. The van der Waals surface area contributed by atoms with Crippen LogP contribution in [-0.4, -0.2) is 46.5 Å². The van der Waals surface area contributed by atoms with Gasteiger partial charge in [-0.25, -0.2) is 0 Å². The fraction of sp³-hybridized carbons (Fsp3) is 0.545. The molecule has 7 nitrogen and oxygen atoms in total. The minimum Gasteiger partial charge on any atom is -0.324 e. The predicted molar refractivity (Wildman–Crippen MR) is 109 cm³/mol. The van der Waals surface area contributed by atoms with Crippen LogP contribution in [0.2, 0.25) is 0 Å². The summed E-state index contributed by atoms with van der Waals surface area (Å²) in [6.45, 7) is 8.59. The standard InChI is InChI=1S/C22H28N4O3/c1-14(2)19-23-22(29-24-19)25-11-9-16(10-12-25)15(3)8-13-26-20(27)17-6-4-5-7-18(17)21(26)28/h4-7,14-16H,8-13H2,1-3H3. The molecule has 1 saturated heterocycles. The molecule has 7 heteroatoms. The molecule has 0 radical (unpaired) electrons. The summed E-state index contributed by atoms with van der Waals surface area (Å²) in [6.07, 6.45) is 2.92. The summed E-state index contributed by atoms with van der Waals surface area (Å²) in [6, 6.07) is 7.69. The normalized spacial score (nSPS) is 18.6. The molecule has 0 saturated carbocycles. The highest BCUT2D eigenvalue weighted by molar-refractivity contribution is 6.21. The molecule has 0 spiro atoms. The number of imide groups is 1.